The average molecular weight is 250 g/mol. The van der Waals surface area contributed by atoms with Gasteiger partial charge in [-0.2, -0.15) is 0 Å². The molecule has 70 valence electrons. The zero-order chi connectivity index (χ0) is 7.82. The molecule has 11 heavy (non-hydrogen) atoms. The highest BCUT2D eigenvalue weighted by molar-refractivity contribution is 8.93. The van der Waals surface area contributed by atoms with Crippen LogP contribution in [0.25, 0.3) is 0 Å². The fourth-order valence-electron chi connectivity index (χ4n) is 0.516. The van der Waals surface area contributed by atoms with Gasteiger partial charge in [0.05, 0.1) is 13.2 Å². The quantitative estimate of drug-likeness (QED) is 0.507. The van der Waals surface area contributed by atoms with Gasteiger partial charge in [-0.15, -0.1) is 17.0 Å². The second-order valence-corrected chi connectivity index (χ2v) is 2.21. The number of hydrogen-bond acceptors (Lipinski definition) is 3. The Bertz CT molecular complexity index is 84.6. The molecule has 1 saturated heterocycles. The Morgan fingerprint density at radius 1 is 1.27 bits per heavy atom. The Hall–Kier alpha value is 0.550. The number of hydrogen-bond donors (Lipinski definition) is 3. The van der Waals surface area contributed by atoms with Gasteiger partial charge < -0.3 is 19.8 Å². The van der Waals surface area contributed by atoms with Gasteiger partial charge in [-0.25, -0.2) is 0 Å². The molecule has 1 rings (SSSR count). The molecule has 0 unspecified atom stereocenters. The molecule has 0 atom stereocenters. The third-order valence-corrected chi connectivity index (χ3v) is 0.846. The molecule has 0 aliphatic carbocycles. The topological polar surface area (TPSA) is 78.8 Å². The van der Waals surface area contributed by atoms with Crippen LogP contribution in [0.15, 0.2) is 0 Å². The second-order valence-electron chi connectivity index (χ2n) is 1.64. The van der Waals surface area contributed by atoms with E-state index in [1.807, 2.05) is 0 Å². The van der Waals surface area contributed by atoms with E-state index in [4.69, 9.17) is 19.1 Å². The molecule has 7 heteroatoms. The van der Waals surface area contributed by atoms with E-state index < -0.39 is 8.25 Å². The molecule has 1 aliphatic heterocycles. The zero-order valence-electron chi connectivity index (χ0n) is 5.95. The fourth-order valence-corrected chi connectivity index (χ4v) is 0.516. The first-order valence-electron chi connectivity index (χ1n) is 2.94. The first-order valence-corrected chi connectivity index (χ1v) is 4.24. The van der Waals surface area contributed by atoms with Crippen LogP contribution >= 0.6 is 25.2 Å². The van der Waals surface area contributed by atoms with E-state index in [0.717, 1.165) is 26.3 Å². The first kappa shape index (κ1) is 14.1. The lowest BCUT2D eigenvalue weighted by molar-refractivity contribution is 0.109. The highest BCUT2D eigenvalue weighted by Crippen LogP contribution is 1.98. The van der Waals surface area contributed by atoms with Gasteiger partial charge in [0.1, 0.15) is 0 Å². The molecule has 1 fully saturated rings. The smallest absolute Gasteiger partial charge is 0.314 e. The van der Waals surface area contributed by atoms with Gasteiger partial charge in [-0.1, -0.05) is 0 Å². The lowest BCUT2D eigenvalue weighted by Gasteiger charge is -2.10. The first-order chi connectivity index (χ1) is 4.73. The van der Waals surface area contributed by atoms with E-state index in [2.05, 4.69) is 5.32 Å². The molecule has 0 spiro atoms. The van der Waals surface area contributed by atoms with E-state index in [0.29, 0.717) is 0 Å². The standard InChI is InChI=1S/C4H9NO.BrH.H3O3P/c1-3-6-4-2-5-1;;1-4(2)3/h5H,1-4H2;1H;4H,(H2,1,2,3). The van der Waals surface area contributed by atoms with Crippen molar-refractivity contribution in [3.8, 4) is 0 Å². The molecule has 0 radical (unpaired) electrons. The summed E-state index contributed by atoms with van der Waals surface area (Å²) in [6.07, 6.45) is 0. The Balaban J connectivity index is 0. The Morgan fingerprint density at radius 2 is 1.64 bits per heavy atom. The van der Waals surface area contributed by atoms with Crippen LogP contribution in [-0.2, 0) is 9.30 Å². The molecule has 0 aromatic rings. The maximum absolute atomic E-state index is 8.74. The van der Waals surface area contributed by atoms with E-state index in [1.165, 1.54) is 0 Å². The Kier molecular flexibility index (Phi) is 13.5. The van der Waals surface area contributed by atoms with Gasteiger partial charge in [-0.05, 0) is 0 Å². The van der Waals surface area contributed by atoms with E-state index in [9.17, 15) is 0 Å². The highest BCUT2D eigenvalue weighted by Gasteiger charge is 1.92. The third-order valence-electron chi connectivity index (χ3n) is 0.846. The molecule has 0 bridgehead atoms. The number of halogens is 1. The predicted octanol–water partition coefficient (Wildman–Crippen LogP) is -0.455. The molecule has 0 aromatic carbocycles. The molecule has 1 heterocycles. The van der Waals surface area contributed by atoms with Crippen LogP contribution in [0.5, 0.6) is 0 Å². The largest absolute Gasteiger partial charge is 0.379 e. The van der Waals surface area contributed by atoms with E-state index in [1.54, 1.807) is 0 Å². The molecular formula is C4H13BrNO4P. The van der Waals surface area contributed by atoms with Crippen molar-refractivity contribution in [2.24, 2.45) is 0 Å². The summed E-state index contributed by atoms with van der Waals surface area (Å²) in [5, 5.41) is 3.16. The molecule has 1 aliphatic rings. The Labute approximate surface area is 76.5 Å². The van der Waals surface area contributed by atoms with Gasteiger partial charge in [-0.3, -0.25) is 4.57 Å². The Morgan fingerprint density at radius 3 is 1.73 bits per heavy atom. The van der Waals surface area contributed by atoms with Crippen molar-refractivity contribution in [1.82, 2.24) is 5.32 Å². The molecule has 5 nitrogen and oxygen atoms in total. The van der Waals surface area contributed by atoms with Crippen LogP contribution in [0.3, 0.4) is 0 Å². The minimum Gasteiger partial charge on any atom is -0.379 e. The minimum atomic E-state index is -3.13. The van der Waals surface area contributed by atoms with Crippen molar-refractivity contribution in [1.29, 1.82) is 0 Å². The summed E-state index contributed by atoms with van der Waals surface area (Å²) in [7, 11) is -3.13. The number of rotatable bonds is 0. The van der Waals surface area contributed by atoms with Gasteiger partial charge in [0.25, 0.3) is 0 Å². The van der Waals surface area contributed by atoms with Crippen molar-refractivity contribution >= 4 is 25.2 Å². The van der Waals surface area contributed by atoms with Crippen LogP contribution in [-0.4, -0.2) is 36.1 Å². The summed E-state index contributed by atoms with van der Waals surface area (Å²) in [4.78, 5) is 14.3. The van der Waals surface area contributed by atoms with Crippen molar-refractivity contribution in [2.45, 2.75) is 0 Å². The van der Waals surface area contributed by atoms with Gasteiger partial charge >= 0.3 is 8.25 Å². The van der Waals surface area contributed by atoms with E-state index >= 15 is 0 Å². The van der Waals surface area contributed by atoms with E-state index in [-0.39, 0.29) is 17.0 Å². The summed E-state index contributed by atoms with van der Waals surface area (Å²) in [6, 6.07) is 0. The van der Waals surface area contributed by atoms with Crippen molar-refractivity contribution in [3.05, 3.63) is 0 Å². The van der Waals surface area contributed by atoms with Gasteiger partial charge in [0, 0.05) is 13.1 Å². The molecule has 0 amide bonds. The summed E-state index contributed by atoms with van der Waals surface area (Å²) >= 11 is 0. The zero-order valence-corrected chi connectivity index (χ0v) is 8.66. The van der Waals surface area contributed by atoms with Crippen molar-refractivity contribution in [2.75, 3.05) is 26.3 Å². The van der Waals surface area contributed by atoms with Crippen LogP contribution in [0.4, 0.5) is 0 Å². The monoisotopic (exact) mass is 249 g/mol. The lowest BCUT2D eigenvalue weighted by atomic mass is 10.5. The molecule has 0 aromatic heterocycles. The van der Waals surface area contributed by atoms with Gasteiger partial charge in [0.15, 0.2) is 0 Å². The highest BCUT2D eigenvalue weighted by atomic mass is 79.9. The maximum Gasteiger partial charge on any atom is 0.314 e. The average Bonchev–Trinajstić information content (AvgIpc) is 1.90. The molecule has 0 saturated carbocycles. The number of morpholine rings is 1. The van der Waals surface area contributed by atoms with Crippen LogP contribution in [0.1, 0.15) is 0 Å². The van der Waals surface area contributed by atoms with Crippen molar-refractivity contribution < 1.29 is 19.1 Å². The number of ether oxygens (including phenoxy) is 1. The fraction of sp³-hybridized carbons (Fsp3) is 1.00. The third kappa shape index (κ3) is 18.0. The van der Waals surface area contributed by atoms with Crippen molar-refractivity contribution in [3.63, 3.8) is 0 Å². The van der Waals surface area contributed by atoms with Crippen LogP contribution < -0.4 is 5.32 Å². The SMILES string of the molecule is Br.C1COCCN1.O=[PH](O)O. The lowest BCUT2D eigenvalue weighted by Crippen LogP contribution is -2.30. The van der Waals surface area contributed by atoms with Crippen LogP contribution in [0.2, 0.25) is 0 Å². The normalized spacial score (nSPS) is 16.3. The second kappa shape index (κ2) is 10.6. The predicted molar refractivity (Wildman–Crippen MR) is 47.4 cm³/mol. The maximum atomic E-state index is 8.74. The van der Waals surface area contributed by atoms with Crippen LogP contribution in [0, 0.1) is 0 Å². The summed E-state index contributed by atoms with van der Waals surface area (Å²) < 4.78 is 13.7. The summed E-state index contributed by atoms with van der Waals surface area (Å²) in [6.45, 7) is 3.83. The summed E-state index contributed by atoms with van der Waals surface area (Å²) in [5.74, 6) is 0. The van der Waals surface area contributed by atoms with Gasteiger partial charge in [0.2, 0.25) is 0 Å². The summed E-state index contributed by atoms with van der Waals surface area (Å²) in [5.41, 5.74) is 0. The minimum absolute atomic E-state index is 0. The molecular weight excluding hydrogens is 237 g/mol. The molecule has 3 N–H and O–H groups in total. The number of nitrogens with one attached hydrogen (secondary N) is 1.